The van der Waals surface area contributed by atoms with Crippen molar-refractivity contribution in [3.8, 4) is 0 Å². The van der Waals surface area contributed by atoms with E-state index >= 15 is 0 Å². The van der Waals surface area contributed by atoms with Gasteiger partial charge in [0, 0.05) is 24.3 Å². The van der Waals surface area contributed by atoms with Gasteiger partial charge in [-0.2, -0.15) is 5.10 Å². The smallest absolute Gasteiger partial charge is 0.274 e. The number of nitrogens with zero attached hydrogens (tertiary/aromatic N) is 3. The van der Waals surface area contributed by atoms with Crippen molar-refractivity contribution in [2.24, 2.45) is 5.92 Å². The van der Waals surface area contributed by atoms with Gasteiger partial charge >= 0.3 is 0 Å². The second-order valence-electron chi connectivity index (χ2n) is 4.84. The normalized spacial score (nSPS) is 15.0. The molecule has 0 atom stereocenters. The van der Waals surface area contributed by atoms with Crippen molar-refractivity contribution in [1.29, 1.82) is 0 Å². The number of aromatic nitrogens is 2. The Kier molecular flexibility index (Phi) is 2.86. The molecule has 1 amide bonds. The molecule has 5 heteroatoms. The van der Waals surface area contributed by atoms with E-state index in [0.29, 0.717) is 11.6 Å². The molecule has 0 unspecified atom stereocenters. The van der Waals surface area contributed by atoms with Crippen LogP contribution in [0, 0.1) is 5.92 Å². The van der Waals surface area contributed by atoms with E-state index in [0.717, 1.165) is 16.5 Å². The average Bonchev–Trinajstić information content (AvgIpc) is 3.04. The molecule has 1 aliphatic rings. The summed E-state index contributed by atoms with van der Waals surface area (Å²) in [5, 5.41) is 4.32. The molecule has 0 bridgehead atoms. The van der Waals surface area contributed by atoms with Gasteiger partial charge < -0.3 is 4.90 Å². The summed E-state index contributed by atoms with van der Waals surface area (Å²) in [7, 11) is 1.85. The highest BCUT2D eigenvalue weighted by Gasteiger charge is 2.26. The largest absolute Gasteiger partial charge is 0.340 e. The summed E-state index contributed by atoms with van der Waals surface area (Å²) in [5.74, 6) is 0.695. The molecule has 0 saturated heterocycles. The Morgan fingerprint density at radius 2 is 2.39 bits per heavy atom. The van der Waals surface area contributed by atoms with Gasteiger partial charge in [-0.1, -0.05) is 0 Å². The number of pyridine rings is 1. The molecule has 18 heavy (non-hydrogen) atoms. The third-order valence-corrected chi connectivity index (χ3v) is 3.92. The molecule has 1 fully saturated rings. The Morgan fingerprint density at radius 3 is 3.06 bits per heavy atom. The SMILES string of the molecule is CN(CC1CC1)C(=O)c1cc2c(Br)cccn2n1. The van der Waals surface area contributed by atoms with Crippen molar-refractivity contribution in [2.75, 3.05) is 13.6 Å². The van der Waals surface area contributed by atoms with Crippen LogP contribution in [-0.2, 0) is 0 Å². The quantitative estimate of drug-likeness (QED) is 0.874. The van der Waals surface area contributed by atoms with Crippen LogP contribution in [0.25, 0.3) is 5.52 Å². The van der Waals surface area contributed by atoms with Gasteiger partial charge in [-0.05, 0) is 52.9 Å². The van der Waals surface area contributed by atoms with E-state index in [2.05, 4.69) is 21.0 Å². The van der Waals surface area contributed by atoms with Gasteiger partial charge in [0.15, 0.2) is 5.69 Å². The minimum Gasteiger partial charge on any atom is -0.340 e. The lowest BCUT2D eigenvalue weighted by molar-refractivity contribution is 0.0782. The standard InChI is InChI=1S/C13H14BrN3O/c1-16(8-9-4-5-9)13(18)11-7-12-10(14)3-2-6-17(12)15-11/h2-3,6-7,9H,4-5,8H2,1H3. The van der Waals surface area contributed by atoms with Crippen molar-refractivity contribution in [1.82, 2.24) is 14.5 Å². The minimum absolute atomic E-state index is 0.00231. The zero-order valence-corrected chi connectivity index (χ0v) is 11.7. The van der Waals surface area contributed by atoms with E-state index < -0.39 is 0 Å². The molecule has 0 N–H and O–H groups in total. The van der Waals surface area contributed by atoms with Crippen LogP contribution in [0.5, 0.6) is 0 Å². The van der Waals surface area contributed by atoms with E-state index in [4.69, 9.17) is 0 Å². The maximum Gasteiger partial charge on any atom is 0.274 e. The molecule has 0 aromatic carbocycles. The van der Waals surface area contributed by atoms with E-state index in [1.165, 1.54) is 12.8 Å². The Labute approximate surface area is 114 Å². The van der Waals surface area contributed by atoms with Gasteiger partial charge in [0.25, 0.3) is 5.91 Å². The highest BCUT2D eigenvalue weighted by molar-refractivity contribution is 9.10. The van der Waals surface area contributed by atoms with Crippen LogP contribution in [0.3, 0.4) is 0 Å². The fourth-order valence-electron chi connectivity index (χ4n) is 2.05. The van der Waals surface area contributed by atoms with Gasteiger partial charge in [-0.3, -0.25) is 4.79 Å². The first-order chi connectivity index (χ1) is 8.65. The second-order valence-corrected chi connectivity index (χ2v) is 5.70. The van der Waals surface area contributed by atoms with Crippen LogP contribution in [0.2, 0.25) is 0 Å². The van der Waals surface area contributed by atoms with Crippen molar-refractivity contribution >= 4 is 27.4 Å². The molecule has 0 aliphatic heterocycles. The Bertz CT molecular complexity index is 603. The Morgan fingerprint density at radius 1 is 1.61 bits per heavy atom. The maximum atomic E-state index is 12.2. The molecule has 2 aromatic rings. The highest BCUT2D eigenvalue weighted by atomic mass is 79.9. The molecular weight excluding hydrogens is 294 g/mol. The molecular formula is C13H14BrN3O. The van der Waals surface area contributed by atoms with Gasteiger partial charge in [-0.15, -0.1) is 0 Å². The fourth-order valence-corrected chi connectivity index (χ4v) is 2.50. The molecule has 1 saturated carbocycles. The summed E-state index contributed by atoms with van der Waals surface area (Å²) in [4.78, 5) is 14.0. The molecule has 4 nitrogen and oxygen atoms in total. The molecule has 2 heterocycles. The van der Waals surface area contributed by atoms with E-state index in [9.17, 15) is 4.79 Å². The summed E-state index contributed by atoms with van der Waals surface area (Å²) in [6.45, 7) is 0.841. The van der Waals surface area contributed by atoms with Gasteiger partial charge in [0.05, 0.1) is 5.52 Å². The number of fused-ring (bicyclic) bond motifs is 1. The van der Waals surface area contributed by atoms with Gasteiger partial charge in [0.1, 0.15) is 0 Å². The number of rotatable bonds is 3. The predicted molar refractivity (Wildman–Crippen MR) is 72.6 cm³/mol. The summed E-state index contributed by atoms with van der Waals surface area (Å²) in [6, 6.07) is 5.67. The molecule has 1 aliphatic carbocycles. The molecule has 0 radical (unpaired) electrons. The third-order valence-electron chi connectivity index (χ3n) is 3.25. The number of hydrogen-bond donors (Lipinski definition) is 0. The summed E-state index contributed by atoms with van der Waals surface area (Å²) in [5.41, 5.74) is 1.42. The molecule has 0 spiro atoms. The zero-order valence-electron chi connectivity index (χ0n) is 10.1. The fraction of sp³-hybridized carbons (Fsp3) is 0.385. The summed E-state index contributed by atoms with van der Waals surface area (Å²) < 4.78 is 2.67. The van der Waals surface area contributed by atoms with Crippen LogP contribution in [0.4, 0.5) is 0 Å². The van der Waals surface area contributed by atoms with Crippen LogP contribution < -0.4 is 0 Å². The van der Waals surface area contributed by atoms with Gasteiger partial charge in [-0.25, -0.2) is 4.52 Å². The first-order valence-corrected chi connectivity index (χ1v) is 6.84. The topological polar surface area (TPSA) is 37.6 Å². The lowest BCUT2D eigenvalue weighted by Gasteiger charge is -2.14. The summed E-state index contributed by atoms with van der Waals surface area (Å²) >= 11 is 3.46. The highest BCUT2D eigenvalue weighted by Crippen LogP contribution is 2.29. The van der Waals surface area contributed by atoms with E-state index in [1.807, 2.05) is 31.4 Å². The Balaban J connectivity index is 1.88. The van der Waals surface area contributed by atoms with E-state index in [-0.39, 0.29) is 5.91 Å². The number of amides is 1. The third kappa shape index (κ3) is 2.14. The second kappa shape index (κ2) is 4.39. The molecule has 94 valence electrons. The lowest BCUT2D eigenvalue weighted by Crippen LogP contribution is -2.29. The van der Waals surface area contributed by atoms with Crippen LogP contribution in [-0.4, -0.2) is 34.0 Å². The van der Waals surface area contributed by atoms with Crippen LogP contribution in [0.1, 0.15) is 23.3 Å². The zero-order chi connectivity index (χ0) is 12.7. The molecule has 3 rings (SSSR count). The van der Waals surface area contributed by atoms with Crippen LogP contribution >= 0.6 is 15.9 Å². The van der Waals surface area contributed by atoms with Crippen molar-refractivity contribution in [3.05, 3.63) is 34.6 Å². The molecule has 2 aromatic heterocycles. The lowest BCUT2D eigenvalue weighted by atomic mass is 10.3. The average molecular weight is 308 g/mol. The van der Waals surface area contributed by atoms with E-state index in [1.54, 1.807) is 9.42 Å². The predicted octanol–water partition coefficient (Wildman–Crippen LogP) is 2.58. The monoisotopic (exact) mass is 307 g/mol. The van der Waals surface area contributed by atoms with Crippen molar-refractivity contribution in [3.63, 3.8) is 0 Å². The first-order valence-electron chi connectivity index (χ1n) is 6.04. The van der Waals surface area contributed by atoms with Gasteiger partial charge in [0.2, 0.25) is 0 Å². The minimum atomic E-state index is -0.00231. The maximum absolute atomic E-state index is 12.2. The van der Waals surface area contributed by atoms with Crippen LogP contribution in [0.15, 0.2) is 28.9 Å². The van der Waals surface area contributed by atoms with Crippen molar-refractivity contribution < 1.29 is 4.79 Å². The summed E-state index contributed by atoms with van der Waals surface area (Å²) in [6.07, 6.45) is 4.33. The number of halogens is 1. The number of hydrogen-bond acceptors (Lipinski definition) is 2. The van der Waals surface area contributed by atoms with Crippen molar-refractivity contribution in [2.45, 2.75) is 12.8 Å². The number of carbonyl (C=O) groups excluding carboxylic acids is 1. The Hall–Kier alpha value is -1.36. The first kappa shape index (κ1) is 11.7. The number of carbonyl (C=O) groups is 1.